The van der Waals surface area contributed by atoms with Crippen LogP contribution >= 0.6 is 0 Å². The molecular formula is C6H14N4O. The molecule has 0 saturated carbocycles. The molecule has 11 heavy (non-hydrogen) atoms. The standard InChI is InChI=1S/C6H14N4O/c1-5(11)4-10(3-2-7)6(8)9/h2-4,7H2,1H3,(H3,8,9). The Balaban J connectivity index is 3.89. The van der Waals surface area contributed by atoms with Gasteiger partial charge in [0.05, 0.1) is 6.54 Å². The normalized spacial score (nSPS) is 9.27. The first-order valence-corrected chi connectivity index (χ1v) is 3.36. The van der Waals surface area contributed by atoms with E-state index in [0.717, 1.165) is 0 Å². The number of nitrogens with two attached hydrogens (primary N) is 2. The Morgan fingerprint density at radius 2 is 2.18 bits per heavy atom. The van der Waals surface area contributed by atoms with Crippen molar-refractivity contribution in [1.82, 2.24) is 4.90 Å². The van der Waals surface area contributed by atoms with Crippen LogP contribution in [0, 0.1) is 5.41 Å². The summed E-state index contributed by atoms with van der Waals surface area (Å²) in [5, 5.41) is 7.04. The maximum atomic E-state index is 10.6. The van der Waals surface area contributed by atoms with Crippen molar-refractivity contribution in [1.29, 1.82) is 5.41 Å². The lowest BCUT2D eigenvalue weighted by molar-refractivity contribution is -0.117. The molecule has 0 saturated heterocycles. The van der Waals surface area contributed by atoms with Crippen LogP contribution in [-0.2, 0) is 4.79 Å². The third-order valence-corrected chi connectivity index (χ3v) is 1.15. The van der Waals surface area contributed by atoms with Crippen molar-refractivity contribution >= 4 is 11.7 Å². The first-order chi connectivity index (χ1) is 5.07. The van der Waals surface area contributed by atoms with Crippen molar-refractivity contribution in [3.05, 3.63) is 0 Å². The van der Waals surface area contributed by atoms with Gasteiger partial charge in [-0.25, -0.2) is 0 Å². The Labute approximate surface area is 65.9 Å². The number of guanidine groups is 1. The van der Waals surface area contributed by atoms with Crippen molar-refractivity contribution in [2.24, 2.45) is 11.5 Å². The Morgan fingerprint density at radius 1 is 1.64 bits per heavy atom. The molecule has 0 aliphatic rings. The maximum Gasteiger partial charge on any atom is 0.188 e. The third-order valence-electron chi connectivity index (χ3n) is 1.15. The lowest BCUT2D eigenvalue weighted by Gasteiger charge is -2.19. The van der Waals surface area contributed by atoms with Crippen LogP contribution < -0.4 is 11.5 Å². The zero-order chi connectivity index (χ0) is 8.85. The molecule has 0 bridgehead atoms. The molecule has 0 rings (SSSR count). The highest BCUT2D eigenvalue weighted by Crippen LogP contribution is 1.84. The van der Waals surface area contributed by atoms with E-state index in [2.05, 4.69) is 0 Å². The molecule has 0 aromatic rings. The van der Waals surface area contributed by atoms with Crippen LogP contribution in [0.1, 0.15) is 6.92 Å². The van der Waals surface area contributed by atoms with Crippen LogP contribution in [-0.4, -0.2) is 36.3 Å². The molecule has 0 aliphatic heterocycles. The molecule has 64 valence electrons. The summed E-state index contributed by atoms with van der Waals surface area (Å²) in [5.41, 5.74) is 10.4. The molecule has 0 fully saturated rings. The average molecular weight is 158 g/mol. The molecular weight excluding hydrogens is 144 g/mol. The van der Waals surface area contributed by atoms with Crippen molar-refractivity contribution < 1.29 is 4.79 Å². The number of carbonyl (C=O) groups is 1. The van der Waals surface area contributed by atoms with Gasteiger partial charge >= 0.3 is 0 Å². The van der Waals surface area contributed by atoms with Gasteiger partial charge in [-0.1, -0.05) is 0 Å². The van der Waals surface area contributed by atoms with Gasteiger partial charge in [-0.05, 0) is 6.92 Å². The summed E-state index contributed by atoms with van der Waals surface area (Å²) < 4.78 is 0. The largest absolute Gasteiger partial charge is 0.370 e. The van der Waals surface area contributed by atoms with Crippen molar-refractivity contribution in [3.8, 4) is 0 Å². The fourth-order valence-electron chi connectivity index (χ4n) is 0.709. The van der Waals surface area contributed by atoms with Crippen molar-refractivity contribution in [2.45, 2.75) is 6.92 Å². The van der Waals surface area contributed by atoms with Crippen LogP contribution in [0.3, 0.4) is 0 Å². The fourth-order valence-corrected chi connectivity index (χ4v) is 0.709. The fraction of sp³-hybridized carbons (Fsp3) is 0.667. The minimum absolute atomic E-state index is 0.0198. The Kier molecular flexibility index (Phi) is 4.21. The van der Waals surface area contributed by atoms with E-state index in [1.54, 1.807) is 0 Å². The minimum Gasteiger partial charge on any atom is -0.370 e. The summed E-state index contributed by atoms with van der Waals surface area (Å²) >= 11 is 0. The molecule has 0 aromatic heterocycles. The second-order valence-corrected chi connectivity index (χ2v) is 2.30. The van der Waals surface area contributed by atoms with Crippen LogP contribution in [0.15, 0.2) is 0 Å². The predicted octanol–water partition coefficient (Wildman–Crippen LogP) is -1.27. The zero-order valence-corrected chi connectivity index (χ0v) is 6.63. The van der Waals surface area contributed by atoms with Crippen molar-refractivity contribution in [3.63, 3.8) is 0 Å². The summed E-state index contributed by atoms with van der Waals surface area (Å²) in [6.07, 6.45) is 0. The number of carbonyl (C=O) groups excluding carboxylic acids is 1. The molecule has 5 nitrogen and oxygen atoms in total. The minimum atomic E-state index is -0.106. The monoisotopic (exact) mass is 158 g/mol. The molecule has 5 heteroatoms. The lowest BCUT2D eigenvalue weighted by Crippen LogP contribution is -2.42. The molecule has 0 aromatic carbocycles. The molecule has 0 aliphatic carbocycles. The molecule has 0 spiro atoms. The zero-order valence-electron chi connectivity index (χ0n) is 6.63. The van der Waals surface area contributed by atoms with E-state index in [1.807, 2.05) is 0 Å². The first kappa shape index (κ1) is 9.90. The lowest BCUT2D eigenvalue weighted by atomic mass is 10.4. The summed E-state index contributed by atoms with van der Waals surface area (Å²) in [4.78, 5) is 12.0. The molecule has 0 heterocycles. The van der Waals surface area contributed by atoms with Crippen molar-refractivity contribution in [2.75, 3.05) is 19.6 Å². The number of hydrogen-bond acceptors (Lipinski definition) is 3. The molecule has 0 unspecified atom stereocenters. The number of ketones is 1. The van der Waals surface area contributed by atoms with E-state index in [1.165, 1.54) is 11.8 Å². The van der Waals surface area contributed by atoms with E-state index < -0.39 is 0 Å². The van der Waals surface area contributed by atoms with Gasteiger partial charge < -0.3 is 16.4 Å². The third kappa shape index (κ3) is 4.32. The highest BCUT2D eigenvalue weighted by atomic mass is 16.1. The van der Waals surface area contributed by atoms with E-state index in [4.69, 9.17) is 16.9 Å². The smallest absolute Gasteiger partial charge is 0.188 e. The van der Waals surface area contributed by atoms with Crippen LogP contribution in [0.4, 0.5) is 0 Å². The first-order valence-electron chi connectivity index (χ1n) is 3.36. The molecule has 5 N–H and O–H groups in total. The maximum absolute atomic E-state index is 10.6. The molecule has 0 atom stereocenters. The summed E-state index contributed by atoms with van der Waals surface area (Å²) in [6.45, 7) is 2.47. The SMILES string of the molecule is CC(=O)CN(CCN)C(=N)N. The Morgan fingerprint density at radius 3 is 2.45 bits per heavy atom. The highest BCUT2D eigenvalue weighted by Gasteiger charge is 2.06. The van der Waals surface area contributed by atoms with Crippen LogP contribution in [0.5, 0.6) is 0 Å². The van der Waals surface area contributed by atoms with Gasteiger partial charge in [0, 0.05) is 13.1 Å². The van der Waals surface area contributed by atoms with Gasteiger partial charge in [0.1, 0.15) is 5.78 Å². The molecule has 0 radical (unpaired) electrons. The van der Waals surface area contributed by atoms with Gasteiger partial charge in [0.15, 0.2) is 5.96 Å². The second-order valence-electron chi connectivity index (χ2n) is 2.30. The van der Waals surface area contributed by atoms with Gasteiger partial charge in [-0.15, -0.1) is 0 Å². The number of Topliss-reactive ketones (excluding diaryl/α,β-unsaturated/α-hetero) is 1. The number of nitrogens with one attached hydrogen (secondary N) is 1. The Hall–Kier alpha value is -1.10. The summed E-state index contributed by atoms with van der Waals surface area (Å²) in [6, 6.07) is 0. The quantitative estimate of drug-likeness (QED) is 0.351. The molecule has 0 amide bonds. The summed E-state index contributed by atoms with van der Waals surface area (Å²) in [7, 11) is 0. The van der Waals surface area contributed by atoms with Gasteiger partial charge in [-0.2, -0.15) is 0 Å². The van der Waals surface area contributed by atoms with E-state index in [-0.39, 0.29) is 18.3 Å². The van der Waals surface area contributed by atoms with Crippen LogP contribution in [0.25, 0.3) is 0 Å². The van der Waals surface area contributed by atoms with Crippen LogP contribution in [0.2, 0.25) is 0 Å². The summed E-state index contributed by atoms with van der Waals surface area (Å²) in [5.74, 6) is -0.126. The van der Waals surface area contributed by atoms with Gasteiger partial charge in [0.2, 0.25) is 0 Å². The van der Waals surface area contributed by atoms with Gasteiger partial charge in [0.25, 0.3) is 0 Å². The van der Waals surface area contributed by atoms with Gasteiger partial charge in [-0.3, -0.25) is 10.2 Å². The van der Waals surface area contributed by atoms with E-state index in [0.29, 0.717) is 13.1 Å². The number of hydrogen-bond donors (Lipinski definition) is 3. The number of rotatable bonds is 4. The predicted molar refractivity (Wildman–Crippen MR) is 43.2 cm³/mol. The van der Waals surface area contributed by atoms with E-state index in [9.17, 15) is 4.79 Å². The average Bonchev–Trinajstić information content (AvgIpc) is 1.86. The highest BCUT2D eigenvalue weighted by molar-refractivity contribution is 5.83. The topological polar surface area (TPSA) is 96.2 Å². The second kappa shape index (κ2) is 4.68. The number of nitrogens with zero attached hydrogens (tertiary/aromatic N) is 1. The van der Waals surface area contributed by atoms with E-state index >= 15 is 0 Å². The Bertz CT molecular complexity index is 157.